The summed E-state index contributed by atoms with van der Waals surface area (Å²) in [6, 6.07) is 9.45. The van der Waals surface area contributed by atoms with E-state index in [1.54, 1.807) is 32.9 Å². The summed E-state index contributed by atoms with van der Waals surface area (Å²) >= 11 is 1.50. The zero-order chi connectivity index (χ0) is 17.7. The molecule has 0 spiro atoms. The molecule has 0 aliphatic rings. The Hall–Kier alpha value is -2.21. The molecule has 1 heterocycles. The Balaban J connectivity index is 2.08. The molecule has 0 aliphatic carbocycles. The summed E-state index contributed by atoms with van der Waals surface area (Å²) in [7, 11) is 0. The highest BCUT2D eigenvalue weighted by molar-refractivity contribution is 7.10. The molecule has 0 aliphatic heterocycles. The Bertz CT molecular complexity index is 691. The van der Waals surface area contributed by atoms with E-state index < -0.39 is 5.41 Å². The number of amides is 2. The summed E-state index contributed by atoms with van der Waals surface area (Å²) in [4.78, 5) is 25.0. The molecular formula is C18H21FN2O2S. The topological polar surface area (TPSA) is 58.2 Å². The number of rotatable bonds is 5. The van der Waals surface area contributed by atoms with Crippen LogP contribution >= 0.6 is 11.3 Å². The SMILES string of the molecule is CC(C)(C)C(=O)NCC(=O)N[C@H](c1ccc(F)cc1)c1cccs1. The predicted octanol–water partition coefficient (Wildman–Crippen LogP) is 3.26. The highest BCUT2D eigenvalue weighted by Gasteiger charge is 2.23. The second-order valence-corrected chi connectivity index (χ2v) is 7.48. The van der Waals surface area contributed by atoms with Gasteiger partial charge in [-0.3, -0.25) is 9.59 Å². The summed E-state index contributed by atoms with van der Waals surface area (Å²) < 4.78 is 13.1. The van der Waals surface area contributed by atoms with Crippen LogP contribution in [0.5, 0.6) is 0 Å². The second-order valence-electron chi connectivity index (χ2n) is 6.50. The minimum absolute atomic E-state index is 0.0980. The third-order valence-electron chi connectivity index (χ3n) is 3.43. The maximum Gasteiger partial charge on any atom is 0.240 e. The van der Waals surface area contributed by atoms with Crippen LogP contribution in [0.2, 0.25) is 0 Å². The molecule has 0 unspecified atom stereocenters. The first-order chi connectivity index (χ1) is 11.3. The summed E-state index contributed by atoms with van der Waals surface area (Å²) in [6.07, 6.45) is 0. The van der Waals surface area contributed by atoms with Crippen molar-refractivity contribution >= 4 is 23.2 Å². The number of thiophene rings is 1. The van der Waals surface area contributed by atoms with Crippen molar-refractivity contribution in [3.63, 3.8) is 0 Å². The van der Waals surface area contributed by atoms with Crippen LogP contribution < -0.4 is 10.6 Å². The average molecular weight is 348 g/mol. The van der Waals surface area contributed by atoms with Gasteiger partial charge in [0.2, 0.25) is 11.8 Å². The molecule has 0 saturated carbocycles. The van der Waals surface area contributed by atoms with Crippen molar-refractivity contribution in [1.82, 2.24) is 10.6 Å². The van der Waals surface area contributed by atoms with Crippen LogP contribution in [0.25, 0.3) is 0 Å². The van der Waals surface area contributed by atoms with Gasteiger partial charge >= 0.3 is 0 Å². The number of nitrogens with one attached hydrogen (secondary N) is 2. The van der Waals surface area contributed by atoms with E-state index in [1.165, 1.54) is 23.5 Å². The minimum atomic E-state index is -0.551. The fourth-order valence-corrected chi connectivity index (χ4v) is 2.87. The van der Waals surface area contributed by atoms with Crippen LogP contribution in [0.15, 0.2) is 41.8 Å². The fraction of sp³-hybridized carbons (Fsp3) is 0.333. The summed E-state index contributed by atoms with van der Waals surface area (Å²) in [6.45, 7) is 5.26. The van der Waals surface area contributed by atoms with Gasteiger partial charge in [0.15, 0.2) is 0 Å². The quantitative estimate of drug-likeness (QED) is 0.871. The third kappa shape index (κ3) is 4.89. The molecule has 2 amide bonds. The number of hydrogen-bond donors (Lipinski definition) is 2. The Morgan fingerprint density at radius 1 is 1.17 bits per heavy atom. The van der Waals surface area contributed by atoms with E-state index in [-0.39, 0.29) is 30.2 Å². The minimum Gasteiger partial charge on any atom is -0.347 e. The predicted molar refractivity (Wildman–Crippen MR) is 93.2 cm³/mol. The fourth-order valence-electron chi connectivity index (χ4n) is 2.07. The molecule has 2 rings (SSSR count). The molecule has 6 heteroatoms. The van der Waals surface area contributed by atoms with Gasteiger partial charge in [-0.05, 0) is 29.1 Å². The smallest absolute Gasteiger partial charge is 0.240 e. The number of halogens is 1. The molecule has 1 aromatic carbocycles. The lowest BCUT2D eigenvalue weighted by Gasteiger charge is -2.20. The van der Waals surface area contributed by atoms with Crippen LogP contribution in [0, 0.1) is 11.2 Å². The van der Waals surface area contributed by atoms with E-state index in [0.717, 1.165) is 10.4 Å². The van der Waals surface area contributed by atoms with Crippen LogP contribution in [-0.4, -0.2) is 18.4 Å². The van der Waals surface area contributed by atoms with E-state index in [2.05, 4.69) is 10.6 Å². The molecule has 24 heavy (non-hydrogen) atoms. The van der Waals surface area contributed by atoms with Crippen molar-refractivity contribution in [2.45, 2.75) is 26.8 Å². The largest absolute Gasteiger partial charge is 0.347 e. The lowest BCUT2D eigenvalue weighted by molar-refractivity contribution is -0.131. The van der Waals surface area contributed by atoms with Gasteiger partial charge < -0.3 is 10.6 Å². The molecule has 0 radical (unpaired) electrons. The van der Waals surface area contributed by atoms with Crippen molar-refractivity contribution in [3.05, 3.63) is 58.0 Å². The number of benzene rings is 1. The molecule has 2 aromatic rings. The van der Waals surface area contributed by atoms with Gasteiger partial charge in [-0.2, -0.15) is 0 Å². The monoisotopic (exact) mass is 348 g/mol. The lowest BCUT2D eigenvalue weighted by Crippen LogP contribution is -2.42. The first-order valence-electron chi connectivity index (χ1n) is 7.64. The van der Waals surface area contributed by atoms with Gasteiger partial charge in [0.05, 0.1) is 12.6 Å². The number of carbonyl (C=O) groups is 2. The first kappa shape index (κ1) is 18.1. The summed E-state index contributed by atoms with van der Waals surface area (Å²) in [5.41, 5.74) is 0.235. The van der Waals surface area contributed by atoms with E-state index in [0.29, 0.717) is 0 Å². The summed E-state index contributed by atoms with van der Waals surface area (Å²) in [5.74, 6) is -0.810. The van der Waals surface area contributed by atoms with Crippen LogP contribution in [-0.2, 0) is 9.59 Å². The standard InChI is InChI=1S/C18H21FN2O2S/c1-18(2,3)17(23)20-11-15(22)21-16(14-5-4-10-24-14)12-6-8-13(19)9-7-12/h4-10,16H,11H2,1-3H3,(H,20,23)(H,21,22)/t16-/m1/s1. The van der Waals surface area contributed by atoms with E-state index in [1.807, 2.05) is 17.5 Å². The number of hydrogen-bond acceptors (Lipinski definition) is 3. The van der Waals surface area contributed by atoms with Gasteiger partial charge in [0.25, 0.3) is 0 Å². The Labute approximate surface area is 145 Å². The number of carbonyl (C=O) groups excluding carboxylic acids is 2. The van der Waals surface area contributed by atoms with Gasteiger partial charge in [-0.1, -0.05) is 39.0 Å². The van der Waals surface area contributed by atoms with Crippen molar-refractivity contribution in [1.29, 1.82) is 0 Å². The molecule has 0 bridgehead atoms. The van der Waals surface area contributed by atoms with Crippen LogP contribution in [0.4, 0.5) is 4.39 Å². The average Bonchev–Trinajstić information content (AvgIpc) is 3.04. The van der Waals surface area contributed by atoms with Crippen molar-refractivity contribution < 1.29 is 14.0 Å². The van der Waals surface area contributed by atoms with E-state index in [4.69, 9.17) is 0 Å². The van der Waals surface area contributed by atoms with Crippen LogP contribution in [0.1, 0.15) is 37.3 Å². The van der Waals surface area contributed by atoms with Crippen molar-refractivity contribution in [2.24, 2.45) is 5.41 Å². The van der Waals surface area contributed by atoms with E-state index >= 15 is 0 Å². The zero-order valence-corrected chi connectivity index (χ0v) is 14.7. The first-order valence-corrected chi connectivity index (χ1v) is 8.52. The van der Waals surface area contributed by atoms with Crippen LogP contribution in [0.3, 0.4) is 0 Å². The Morgan fingerprint density at radius 3 is 2.38 bits per heavy atom. The molecule has 1 atom stereocenters. The molecule has 128 valence electrons. The Kier molecular flexibility index (Phi) is 5.72. The van der Waals surface area contributed by atoms with E-state index in [9.17, 15) is 14.0 Å². The maximum absolute atomic E-state index is 13.1. The van der Waals surface area contributed by atoms with Crippen molar-refractivity contribution in [2.75, 3.05) is 6.54 Å². The molecule has 0 saturated heterocycles. The van der Waals surface area contributed by atoms with Gasteiger partial charge in [0, 0.05) is 10.3 Å². The molecular weight excluding hydrogens is 327 g/mol. The highest BCUT2D eigenvalue weighted by atomic mass is 32.1. The third-order valence-corrected chi connectivity index (χ3v) is 4.36. The normalized spacial score (nSPS) is 12.5. The van der Waals surface area contributed by atoms with Gasteiger partial charge in [-0.25, -0.2) is 4.39 Å². The molecule has 4 nitrogen and oxygen atoms in total. The Morgan fingerprint density at radius 2 is 1.83 bits per heavy atom. The molecule has 1 aromatic heterocycles. The summed E-state index contributed by atoms with van der Waals surface area (Å²) in [5, 5.41) is 7.44. The maximum atomic E-state index is 13.1. The lowest BCUT2D eigenvalue weighted by atomic mass is 9.96. The zero-order valence-electron chi connectivity index (χ0n) is 13.9. The van der Waals surface area contributed by atoms with Gasteiger partial charge in [0.1, 0.15) is 5.82 Å². The van der Waals surface area contributed by atoms with Crippen molar-refractivity contribution in [3.8, 4) is 0 Å². The molecule has 2 N–H and O–H groups in total. The van der Waals surface area contributed by atoms with Gasteiger partial charge in [-0.15, -0.1) is 11.3 Å². The molecule has 0 fully saturated rings. The highest BCUT2D eigenvalue weighted by Crippen LogP contribution is 2.26. The second kappa shape index (κ2) is 7.57.